The van der Waals surface area contributed by atoms with Crippen LogP contribution < -0.4 is 5.73 Å². The normalized spacial score (nSPS) is 10.5. The fourth-order valence-corrected chi connectivity index (χ4v) is 1.47. The van der Waals surface area contributed by atoms with Gasteiger partial charge in [0, 0.05) is 11.9 Å². The number of aryl methyl sites for hydroxylation is 2. The van der Waals surface area contributed by atoms with Crippen molar-refractivity contribution in [3.05, 3.63) is 41.5 Å². The fourth-order valence-electron chi connectivity index (χ4n) is 1.47. The highest BCUT2D eigenvalue weighted by atomic mass is 15.3. The SMILES string of the molecule is Cc1cccc(Cn2cc(N)c(C)n2)n1. The molecule has 0 aromatic carbocycles. The van der Waals surface area contributed by atoms with Crippen LogP contribution in [0.1, 0.15) is 17.1 Å². The monoisotopic (exact) mass is 202 g/mol. The van der Waals surface area contributed by atoms with Gasteiger partial charge in [-0.1, -0.05) is 6.07 Å². The minimum absolute atomic E-state index is 0.666. The van der Waals surface area contributed by atoms with E-state index in [4.69, 9.17) is 5.73 Å². The van der Waals surface area contributed by atoms with Gasteiger partial charge in [-0.3, -0.25) is 9.67 Å². The number of nitrogens with zero attached hydrogens (tertiary/aromatic N) is 3. The Bertz CT molecular complexity index is 454. The van der Waals surface area contributed by atoms with Gasteiger partial charge in [0.15, 0.2) is 0 Å². The Kier molecular flexibility index (Phi) is 2.41. The first kappa shape index (κ1) is 9.71. The van der Waals surface area contributed by atoms with Gasteiger partial charge >= 0.3 is 0 Å². The minimum Gasteiger partial charge on any atom is -0.396 e. The molecule has 0 aliphatic carbocycles. The van der Waals surface area contributed by atoms with Crippen LogP contribution in [0.3, 0.4) is 0 Å². The van der Waals surface area contributed by atoms with Crippen LogP contribution >= 0.6 is 0 Å². The molecule has 0 bridgehead atoms. The van der Waals surface area contributed by atoms with Crippen molar-refractivity contribution in [3.8, 4) is 0 Å². The smallest absolute Gasteiger partial charge is 0.0832 e. The van der Waals surface area contributed by atoms with Gasteiger partial charge in [-0.15, -0.1) is 0 Å². The Labute approximate surface area is 88.8 Å². The van der Waals surface area contributed by atoms with E-state index >= 15 is 0 Å². The third-order valence-corrected chi connectivity index (χ3v) is 2.25. The second-order valence-electron chi connectivity index (χ2n) is 3.64. The van der Waals surface area contributed by atoms with Crippen LogP contribution in [0.2, 0.25) is 0 Å². The topological polar surface area (TPSA) is 56.7 Å². The average molecular weight is 202 g/mol. The van der Waals surface area contributed by atoms with Crippen molar-refractivity contribution < 1.29 is 0 Å². The lowest BCUT2D eigenvalue weighted by Crippen LogP contribution is -2.03. The second-order valence-corrected chi connectivity index (χ2v) is 3.64. The van der Waals surface area contributed by atoms with Crippen LogP contribution in [0.5, 0.6) is 0 Å². The van der Waals surface area contributed by atoms with E-state index in [0.717, 1.165) is 22.8 Å². The lowest BCUT2D eigenvalue weighted by molar-refractivity contribution is 0.664. The van der Waals surface area contributed by atoms with E-state index in [9.17, 15) is 0 Å². The summed E-state index contributed by atoms with van der Waals surface area (Å²) >= 11 is 0. The fraction of sp³-hybridized carbons (Fsp3) is 0.273. The first-order chi connectivity index (χ1) is 7.15. The van der Waals surface area contributed by atoms with Crippen LogP contribution in [0.4, 0.5) is 5.69 Å². The highest BCUT2D eigenvalue weighted by Gasteiger charge is 2.02. The van der Waals surface area contributed by atoms with Gasteiger partial charge in [0.05, 0.1) is 23.6 Å². The van der Waals surface area contributed by atoms with E-state index in [1.165, 1.54) is 0 Å². The van der Waals surface area contributed by atoms with Gasteiger partial charge in [0.1, 0.15) is 0 Å². The van der Waals surface area contributed by atoms with E-state index < -0.39 is 0 Å². The summed E-state index contributed by atoms with van der Waals surface area (Å²) in [6.07, 6.45) is 1.83. The third-order valence-electron chi connectivity index (χ3n) is 2.25. The van der Waals surface area contributed by atoms with E-state index in [0.29, 0.717) is 6.54 Å². The van der Waals surface area contributed by atoms with E-state index in [1.807, 2.05) is 42.9 Å². The molecule has 0 saturated heterocycles. The number of anilines is 1. The zero-order valence-corrected chi connectivity index (χ0v) is 8.94. The van der Waals surface area contributed by atoms with Crippen molar-refractivity contribution >= 4 is 5.69 Å². The molecule has 2 aromatic rings. The highest BCUT2D eigenvalue weighted by Crippen LogP contribution is 2.08. The first-order valence-electron chi connectivity index (χ1n) is 4.87. The number of pyridine rings is 1. The van der Waals surface area contributed by atoms with Crippen molar-refractivity contribution in [1.82, 2.24) is 14.8 Å². The molecule has 2 rings (SSSR count). The molecule has 4 heteroatoms. The van der Waals surface area contributed by atoms with Gasteiger partial charge in [0.2, 0.25) is 0 Å². The van der Waals surface area contributed by atoms with Crippen LogP contribution in [0.15, 0.2) is 24.4 Å². The zero-order chi connectivity index (χ0) is 10.8. The van der Waals surface area contributed by atoms with Crippen molar-refractivity contribution in [2.75, 3.05) is 5.73 Å². The Morgan fingerprint density at radius 1 is 1.33 bits per heavy atom. The van der Waals surface area contributed by atoms with E-state index in [-0.39, 0.29) is 0 Å². The van der Waals surface area contributed by atoms with Gasteiger partial charge in [0.25, 0.3) is 0 Å². The molecular weight excluding hydrogens is 188 g/mol. The minimum atomic E-state index is 0.666. The summed E-state index contributed by atoms with van der Waals surface area (Å²) in [5, 5.41) is 4.29. The van der Waals surface area contributed by atoms with Gasteiger partial charge < -0.3 is 5.73 Å². The largest absolute Gasteiger partial charge is 0.396 e. The molecule has 78 valence electrons. The number of nitrogens with two attached hydrogens (primary N) is 1. The van der Waals surface area contributed by atoms with Crippen molar-refractivity contribution in [3.63, 3.8) is 0 Å². The molecule has 15 heavy (non-hydrogen) atoms. The van der Waals surface area contributed by atoms with Crippen molar-refractivity contribution in [2.45, 2.75) is 20.4 Å². The maximum atomic E-state index is 5.72. The quantitative estimate of drug-likeness (QED) is 0.803. The molecule has 0 amide bonds. The maximum Gasteiger partial charge on any atom is 0.0832 e. The predicted octanol–water partition coefficient (Wildman–Crippen LogP) is 1.53. The maximum absolute atomic E-state index is 5.72. The number of hydrogen-bond acceptors (Lipinski definition) is 3. The van der Waals surface area contributed by atoms with Crippen LogP contribution in [0, 0.1) is 13.8 Å². The van der Waals surface area contributed by atoms with Gasteiger partial charge in [-0.05, 0) is 26.0 Å². The van der Waals surface area contributed by atoms with Gasteiger partial charge in [-0.25, -0.2) is 0 Å². The average Bonchev–Trinajstić information content (AvgIpc) is 2.45. The number of rotatable bonds is 2. The molecule has 0 saturated carbocycles. The predicted molar refractivity (Wildman–Crippen MR) is 59.5 cm³/mol. The van der Waals surface area contributed by atoms with Crippen molar-refractivity contribution in [2.24, 2.45) is 0 Å². The molecule has 2 heterocycles. The Morgan fingerprint density at radius 3 is 2.73 bits per heavy atom. The molecular formula is C11H14N4. The zero-order valence-electron chi connectivity index (χ0n) is 8.94. The van der Waals surface area contributed by atoms with Crippen molar-refractivity contribution in [1.29, 1.82) is 0 Å². The first-order valence-corrected chi connectivity index (χ1v) is 4.87. The molecule has 2 aromatic heterocycles. The van der Waals surface area contributed by atoms with Crippen LogP contribution in [-0.4, -0.2) is 14.8 Å². The van der Waals surface area contributed by atoms with E-state index in [1.54, 1.807) is 0 Å². The van der Waals surface area contributed by atoms with Gasteiger partial charge in [-0.2, -0.15) is 5.10 Å². The molecule has 0 spiro atoms. The standard InChI is InChI=1S/C11H14N4/c1-8-4-3-5-10(13-8)6-15-7-11(12)9(2)14-15/h3-5,7H,6,12H2,1-2H3. The summed E-state index contributed by atoms with van der Waals surface area (Å²) in [5.41, 5.74) is 9.32. The summed E-state index contributed by atoms with van der Waals surface area (Å²) < 4.78 is 1.81. The Balaban J connectivity index is 2.22. The van der Waals surface area contributed by atoms with Crippen LogP contribution in [-0.2, 0) is 6.54 Å². The molecule has 0 fully saturated rings. The van der Waals surface area contributed by atoms with Crippen LogP contribution in [0.25, 0.3) is 0 Å². The summed E-state index contributed by atoms with van der Waals surface area (Å²) in [5.74, 6) is 0. The van der Waals surface area contributed by atoms with E-state index in [2.05, 4.69) is 10.1 Å². The highest BCUT2D eigenvalue weighted by molar-refractivity contribution is 5.39. The molecule has 0 unspecified atom stereocenters. The summed E-state index contributed by atoms with van der Waals surface area (Å²) in [6, 6.07) is 5.96. The molecule has 0 atom stereocenters. The number of hydrogen-bond donors (Lipinski definition) is 1. The molecule has 2 N–H and O–H groups in total. The molecule has 0 radical (unpaired) electrons. The summed E-state index contributed by atoms with van der Waals surface area (Å²) in [7, 11) is 0. The summed E-state index contributed by atoms with van der Waals surface area (Å²) in [6.45, 7) is 4.54. The molecule has 4 nitrogen and oxygen atoms in total. The number of nitrogen functional groups attached to an aromatic ring is 1. The summed E-state index contributed by atoms with van der Waals surface area (Å²) in [4.78, 5) is 4.41. The Morgan fingerprint density at radius 2 is 2.13 bits per heavy atom. The second kappa shape index (κ2) is 3.73. The molecule has 0 aliphatic heterocycles. The lowest BCUT2D eigenvalue weighted by Gasteiger charge is -2.01. The number of aromatic nitrogens is 3. The Hall–Kier alpha value is -1.84. The molecule has 0 aliphatic rings. The third kappa shape index (κ3) is 2.15. The lowest BCUT2D eigenvalue weighted by atomic mass is 10.3.